The van der Waals surface area contributed by atoms with Crippen LogP contribution >= 0.6 is 0 Å². The Bertz CT molecular complexity index is 1700. The molecule has 0 saturated heterocycles. The van der Waals surface area contributed by atoms with E-state index in [9.17, 15) is 0 Å². The van der Waals surface area contributed by atoms with E-state index < -0.39 is 0 Å². The fourth-order valence-electron chi connectivity index (χ4n) is 4.23. The van der Waals surface area contributed by atoms with Crippen LogP contribution in [-0.2, 0) is 20.1 Å². The van der Waals surface area contributed by atoms with Crippen molar-refractivity contribution in [3.8, 4) is 11.3 Å². The molecule has 3 heterocycles. The van der Waals surface area contributed by atoms with Crippen molar-refractivity contribution >= 4 is 45.0 Å². The molecule has 7 rings (SSSR count). The molecule has 36 heavy (non-hydrogen) atoms. The number of nitrogens with zero attached hydrogens (tertiary/aromatic N) is 3. The Morgan fingerprint density at radius 1 is 0.778 bits per heavy atom. The molecule has 4 nitrogen and oxygen atoms in total. The molecule has 0 amide bonds. The Balaban J connectivity index is 0.000000175. The number of pyridine rings is 1. The molecular weight excluding hydrogens is 623 g/mol. The Morgan fingerprint density at radius 3 is 2.36 bits per heavy atom. The average molecular weight is 644 g/mol. The largest absolute Gasteiger partial charge is 0.494 e. The van der Waals surface area contributed by atoms with Crippen molar-refractivity contribution in [3.63, 3.8) is 0 Å². The molecular formula is C31H21IrN3O. The molecule has 2 aromatic heterocycles. The quantitative estimate of drug-likeness (QED) is 0.147. The predicted molar refractivity (Wildman–Crippen MR) is 140 cm³/mol. The van der Waals surface area contributed by atoms with Gasteiger partial charge in [0.25, 0.3) is 11.4 Å². The topological polar surface area (TPSA) is 32.0 Å². The van der Waals surface area contributed by atoms with E-state index in [-0.39, 0.29) is 20.1 Å². The second-order valence-electron chi connectivity index (χ2n) is 8.17. The van der Waals surface area contributed by atoms with Gasteiger partial charge in [0.1, 0.15) is 11.3 Å². The number of rotatable bonds is 2. The van der Waals surface area contributed by atoms with Crippen LogP contribution in [0.25, 0.3) is 33.2 Å². The van der Waals surface area contributed by atoms with Crippen LogP contribution in [0.15, 0.2) is 114 Å². The Hall–Kier alpha value is -4.14. The fourth-order valence-corrected chi connectivity index (χ4v) is 4.23. The number of furan rings is 1. The van der Waals surface area contributed by atoms with Crippen LogP contribution in [0.3, 0.4) is 0 Å². The zero-order valence-corrected chi connectivity index (χ0v) is 21.9. The molecule has 4 aromatic carbocycles. The van der Waals surface area contributed by atoms with Crippen LogP contribution in [0.4, 0.5) is 17.1 Å². The van der Waals surface area contributed by atoms with E-state index in [4.69, 9.17) is 4.42 Å². The van der Waals surface area contributed by atoms with Gasteiger partial charge in [-0.05, 0) is 23.2 Å². The maximum Gasteiger partial charge on any atom is 0.494 e. The molecule has 175 valence electrons. The van der Waals surface area contributed by atoms with E-state index >= 15 is 0 Å². The van der Waals surface area contributed by atoms with Crippen molar-refractivity contribution in [2.24, 2.45) is 0 Å². The molecule has 0 spiro atoms. The Morgan fingerprint density at radius 2 is 1.56 bits per heavy atom. The summed E-state index contributed by atoms with van der Waals surface area (Å²) in [5.74, 6) is 0. The maximum atomic E-state index is 5.98. The van der Waals surface area contributed by atoms with Crippen molar-refractivity contribution in [2.75, 3.05) is 7.05 Å². The number of hydrogen-bond acceptors (Lipinski definition) is 2. The summed E-state index contributed by atoms with van der Waals surface area (Å²) in [5.41, 5.74) is 6.94. The zero-order valence-electron chi connectivity index (χ0n) is 19.5. The Kier molecular flexibility index (Phi) is 6.70. The Labute approximate surface area is 222 Å². The summed E-state index contributed by atoms with van der Waals surface area (Å²) < 4.78 is 9.99. The molecule has 0 fully saturated rings. The molecule has 0 N–H and O–H groups in total. The fraction of sp³-hybridized carbons (Fsp3) is 0.0323. The summed E-state index contributed by atoms with van der Waals surface area (Å²) >= 11 is 0. The van der Waals surface area contributed by atoms with Crippen molar-refractivity contribution in [3.05, 3.63) is 121 Å². The SMILES string of the molecule is C[N+]1=C=[N+](c2[c-]cc3c(c2)oc2ccccc23)c2ccccc21.[Ir].[c-]1ccccc1-c1ccccn1. The summed E-state index contributed by atoms with van der Waals surface area (Å²) in [6, 6.07) is 43.9. The van der Waals surface area contributed by atoms with Crippen LogP contribution < -0.4 is 4.58 Å². The van der Waals surface area contributed by atoms with Crippen LogP contribution in [0.2, 0.25) is 0 Å². The monoisotopic (exact) mass is 644 g/mol. The van der Waals surface area contributed by atoms with Crippen LogP contribution in [0.1, 0.15) is 0 Å². The maximum absolute atomic E-state index is 5.98. The van der Waals surface area contributed by atoms with E-state index in [0.717, 1.165) is 50.3 Å². The normalized spacial score (nSPS) is 11.7. The molecule has 0 saturated carbocycles. The first kappa shape index (κ1) is 23.6. The van der Waals surface area contributed by atoms with Gasteiger partial charge in [-0.15, -0.1) is 42.0 Å². The summed E-state index contributed by atoms with van der Waals surface area (Å²) in [7, 11) is 2.00. The standard InChI is InChI=1S/C20H13N2O.C11H8N.Ir/c1-21-13-22(18-8-4-3-7-17(18)21)14-10-11-16-15-6-2-5-9-19(15)23-20(16)12-14;1-2-6-10(7-3-1)11-8-4-5-9-12-11;/h2-9,11-12H,1H3;1-6,8-9H;/q+1;-1;. The van der Waals surface area contributed by atoms with Gasteiger partial charge in [-0.1, -0.05) is 63.1 Å². The summed E-state index contributed by atoms with van der Waals surface area (Å²) in [6.45, 7) is 0. The van der Waals surface area contributed by atoms with Crippen molar-refractivity contribution in [2.45, 2.75) is 0 Å². The third-order valence-electron chi connectivity index (χ3n) is 5.92. The predicted octanol–water partition coefficient (Wildman–Crippen LogP) is 7.23. The van der Waals surface area contributed by atoms with Gasteiger partial charge in [0.2, 0.25) is 0 Å². The minimum absolute atomic E-state index is 0. The second kappa shape index (κ2) is 10.2. The number of hydrogen-bond donors (Lipinski definition) is 0. The first-order valence-corrected chi connectivity index (χ1v) is 11.4. The molecule has 0 unspecified atom stereocenters. The smallest absolute Gasteiger partial charge is 0.483 e. The first-order valence-electron chi connectivity index (χ1n) is 11.4. The summed E-state index contributed by atoms with van der Waals surface area (Å²) in [5, 5.41) is 2.21. The minimum atomic E-state index is 0. The van der Waals surface area contributed by atoms with Crippen molar-refractivity contribution in [1.29, 1.82) is 0 Å². The van der Waals surface area contributed by atoms with Crippen molar-refractivity contribution in [1.82, 2.24) is 9.56 Å². The van der Waals surface area contributed by atoms with Gasteiger partial charge in [-0.2, -0.15) is 6.07 Å². The number of para-hydroxylation sites is 3. The average Bonchev–Trinajstić information content (AvgIpc) is 3.47. The minimum Gasteiger partial charge on any atom is -0.483 e. The van der Waals surface area contributed by atoms with Gasteiger partial charge in [-0.25, -0.2) is 0 Å². The molecule has 1 aliphatic rings. The number of benzene rings is 4. The van der Waals surface area contributed by atoms with E-state index in [1.807, 2.05) is 101 Å². The molecule has 1 aliphatic heterocycles. The molecule has 1 radical (unpaired) electrons. The van der Waals surface area contributed by atoms with E-state index in [2.05, 4.69) is 41.3 Å². The van der Waals surface area contributed by atoms with Crippen LogP contribution in [-0.4, -0.2) is 22.6 Å². The van der Waals surface area contributed by atoms with Gasteiger partial charge in [0.05, 0.1) is 0 Å². The second-order valence-corrected chi connectivity index (χ2v) is 8.17. The molecule has 0 bridgehead atoms. The third-order valence-corrected chi connectivity index (χ3v) is 5.92. The van der Waals surface area contributed by atoms with Gasteiger partial charge in [-0.3, -0.25) is 0 Å². The number of fused-ring (bicyclic) bond motifs is 4. The van der Waals surface area contributed by atoms with Crippen molar-refractivity contribution < 1.29 is 29.1 Å². The molecule has 5 heteroatoms. The van der Waals surface area contributed by atoms with Gasteiger partial charge < -0.3 is 9.40 Å². The molecule has 6 aromatic rings. The van der Waals surface area contributed by atoms with E-state index in [1.54, 1.807) is 6.20 Å². The zero-order chi connectivity index (χ0) is 23.6. The molecule has 0 aliphatic carbocycles. The van der Waals surface area contributed by atoms with Gasteiger partial charge in [0.15, 0.2) is 7.05 Å². The van der Waals surface area contributed by atoms with Crippen LogP contribution in [0.5, 0.6) is 0 Å². The van der Waals surface area contributed by atoms with Gasteiger partial charge in [0, 0.05) is 44.0 Å². The third kappa shape index (κ3) is 4.44. The van der Waals surface area contributed by atoms with E-state index in [1.165, 1.54) is 0 Å². The molecule has 0 atom stereocenters. The summed E-state index contributed by atoms with van der Waals surface area (Å²) in [6.07, 6.45) is 1.79. The van der Waals surface area contributed by atoms with E-state index in [0.29, 0.717) is 0 Å². The van der Waals surface area contributed by atoms with Crippen LogP contribution in [0, 0.1) is 12.1 Å². The number of aromatic nitrogens is 1. The summed E-state index contributed by atoms with van der Waals surface area (Å²) in [4.78, 5) is 4.22. The first-order chi connectivity index (χ1) is 17.3. The van der Waals surface area contributed by atoms with Gasteiger partial charge >= 0.3 is 6.01 Å².